The summed E-state index contributed by atoms with van der Waals surface area (Å²) in [5.74, 6) is 0.644. The van der Waals surface area contributed by atoms with Crippen LogP contribution in [0.25, 0.3) is 93.7 Å². The van der Waals surface area contributed by atoms with Gasteiger partial charge in [-0.1, -0.05) is 176 Å². The second kappa shape index (κ2) is 14.3. The third-order valence-electron chi connectivity index (χ3n) is 12.6. The number of rotatable bonds is 5. The van der Waals surface area contributed by atoms with Crippen LogP contribution in [0.1, 0.15) is 0 Å². The van der Waals surface area contributed by atoms with E-state index in [0.29, 0.717) is 5.95 Å². The van der Waals surface area contributed by atoms with Gasteiger partial charge in [0.05, 0.1) is 33.6 Å². The summed E-state index contributed by atoms with van der Waals surface area (Å²) in [5.41, 5.74) is 13.2. The molecule has 294 valence electrons. The highest BCUT2D eigenvalue weighted by atomic mass is 32.2. The highest BCUT2D eigenvalue weighted by Gasteiger charge is 2.26. The molecule has 0 atom stereocenters. The standard InChI is InChI=1S/C58H36N4S/c1-2-16-43(17-3-1)61-50-23-10-11-24-54(50)63-55-36-42(31-33-51(55)61)41-29-32-48-53(35-41)62(52-34-30-38-14-5-7-19-46(38)56(48)52)58-59-49-22-9-8-20-47(49)57(60-58)40-27-25-39(26-28-40)45-21-12-15-37-13-4-6-18-44(37)45/h1-36H. The number of aromatic nitrogens is 3. The van der Waals surface area contributed by atoms with E-state index in [9.17, 15) is 0 Å². The zero-order valence-electron chi connectivity index (χ0n) is 34.0. The average Bonchev–Trinajstić information content (AvgIpc) is 3.69. The summed E-state index contributed by atoms with van der Waals surface area (Å²) < 4.78 is 2.28. The molecule has 3 heterocycles. The molecule has 0 saturated carbocycles. The van der Waals surface area contributed by atoms with Crippen LogP contribution in [0, 0.1) is 0 Å². The number of fused-ring (bicyclic) bond motifs is 9. The molecular formula is C58H36N4S. The zero-order chi connectivity index (χ0) is 41.4. The molecular weight excluding hydrogens is 785 g/mol. The van der Waals surface area contributed by atoms with Crippen LogP contribution in [0.3, 0.4) is 0 Å². The molecule has 0 saturated heterocycles. The topological polar surface area (TPSA) is 34.0 Å². The summed E-state index contributed by atoms with van der Waals surface area (Å²) >= 11 is 1.83. The molecule has 10 aromatic carbocycles. The lowest BCUT2D eigenvalue weighted by Gasteiger charge is -2.33. The van der Waals surface area contributed by atoms with Crippen LogP contribution in [0.2, 0.25) is 0 Å². The smallest absolute Gasteiger partial charge is 0.235 e. The second-order valence-corrected chi connectivity index (χ2v) is 17.2. The Morgan fingerprint density at radius 3 is 1.90 bits per heavy atom. The highest BCUT2D eigenvalue weighted by Crippen LogP contribution is 2.52. The lowest BCUT2D eigenvalue weighted by molar-refractivity contribution is 1.01. The zero-order valence-corrected chi connectivity index (χ0v) is 34.8. The van der Waals surface area contributed by atoms with Gasteiger partial charge < -0.3 is 4.90 Å². The maximum absolute atomic E-state index is 5.51. The van der Waals surface area contributed by atoms with Crippen LogP contribution in [0.4, 0.5) is 17.1 Å². The van der Waals surface area contributed by atoms with E-state index < -0.39 is 0 Å². The second-order valence-electron chi connectivity index (χ2n) is 16.2. The first-order valence-corrected chi connectivity index (χ1v) is 22.1. The summed E-state index contributed by atoms with van der Waals surface area (Å²) in [7, 11) is 0. The van der Waals surface area contributed by atoms with Crippen LogP contribution in [-0.2, 0) is 0 Å². The first-order chi connectivity index (χ1) is 31.2. The fourth-order valence-electron chi connectivity index (χ4n) is 9.64. The maximum Gasteiger partial charge on any atom is 0.235 e. The number of hydrogen-bond acceptors (Lipinski definition) is 4. The minimum absolute atomic E-state index is 0.644. The molecule has 2 aromatic heterocycles. The van der Waals surface area contributed by atoms with E-state index in [2.05, 4.69) is 228 Å². The number of hydrogen-bond donors (Lipinski definition) is 0. The van der Waals surface area contributed by atoms with Gasteiger partial charge in [0.25, 0.3) is 0 Å². The molecule has 0 N–H and O–H groups in total. The van der Waals surface area contributed by atoms with E-state index in [1.165, 1.54) is 64.6 Å². The van der Waals surface area contributed by atoms with E-state index in [1.807, 2.05) is 11.8 Å². The van der Waals surface area contributed by atoms with Crippen LogP contribution < -0.4 is 4.90 Å². The molecule has 0 radical (unpaired) electrons. The summed E-state index contributed by atoms with van der Waals surface area (Å²) in [4.78, 5) is 15.7. The quantitative estimate of drug-likeness (QED) is 0.173. The van der Waals surface area contributed by atoms with E-state index in [4.69, 9.17) is 9.97 Å². The van der Waals surface area contributed by atoms with Gasteiger partial charge in [0.2, 0.25) is 5.95 Å². The maximum atomic E-state index is 5.51. The van der Waals surface area contributed by atoms with Crippen molar-refractivity contribution in [1.29, 1.82) is 0 Å². The largest absolute Gasteiger partial charge is 0.308 e. The predicted molar refractivity (Wildman–Crippen MR) is 264 cm³/mol. The predicted octanol–water partition coefficient (Wildman–Crippen LogP) is 16.0. The Hall–Kier alpha value is -7.99. The van der Waals surface area contributed by atoms with Crippen molar-refractivity contribution in [1.82, 2.24) is 14.5 Å². The van der Waals surface area contributed by atoms with Crippen molar-refractivity contribution in [3.8, 4) is 39.5 Å². The molecule has 1 aliphatic rings. The fourth-order valence-corrected chi connectivity index (χ4v) is 10.7. The van der Waals surface area contributed by atoms with E-state index in [1.54, 1.807) is 0 Å². The van der Waals surface area contributed by atoms with Gasteiger partial charge in [-0.2, -0.15) is 0 Å². The van der Waals surface area contributed by atoms with E-state index in [-0.39, 0.29) is 0 Å². The average molecular weight is 821 g/mol. The van der Waals surface area contributed by atoms with Crippen molar-refractivity contribution < 1.29 is 0 Å². The normalized spacial score (nSPS) is 12.3. The SMILES string of the molecule is c1ccc(N2c3ccccc3Sc3cc(-c4ccc5c6c7ccccc7ccc6n(-c6nc(-c7ccc(-c8cccc9ccccc89)cc7)c7ccccc7n6)c5c4)ccc32)cc1. The van der Waals surface area contributed by atoms with Crippen LogP contribution >= 0.6 is 11.8 Å². The molecule has 12 aromatic rings. The van der Waals surface area contributed by atoms with Crippen LogP contribution in [0.5, 0.6) is 0 Å². The molecule has 0 aliphatic carbocycles. The van der Waals surface area contributed by atoms with Crippen molar-refractivity contribution in [2.45, 2.75) is 9.79 Å². The molecule has 13 rings (SSSR count). The molecule has 0 fully saturated rings. The first kappa shape index (κ1) is 35.7. The highest BCUT2D eigenvalue weighted by molar-refractivity contribution is 7.99. The summed E-state index contributed by atoms with van der Waals surface area (Å²) in [6.07, 6.45) is 0. The van der Waals surface area contributed by atoms with Gasteiger partial charge in [0.1, 0.15) is 0 Å². The van der Waals surface area contributed by atoms with Gasteiger partial charge in [-0.15, -0.1) is 0 Å². The van der Waals surface area contributed by atoms with E-state index >= 15 is 0 Å². The van der Waals surface area contributed by atoms with E-state index in [0.717, 1.165) is 50.0 Å². The van der Waals surface area contributed by atoms with Crippen molar-refractivity contribution in [2.75, 3.05) is 4.90 Å². The van der Waals surface area contributed by atoms with Gasteiger partial charge in [-0.05, 0) is 98.4 Å². The molecule has 5 heteroatoms. The molecule has 4 nitrogen and oxygen atoms in total. The summed E-state index contributed by atoms with van der Waals surface area (Å²) in [6, 6.07) is 78.6. The van der Waals surface area contributed by atoms with Gasteiger partial charge in [-0.25, -0.2) is 9.97 Å². The van der Waals surface area contributed by atoms with Crippen molar-refractivity contribution in [2.24, 2.45) is 0 Å². The molecule has 0 amide bonds. The Morgan fingerprint density at radius 1 is 0.381 bits per heavy atom. The van der Waals surface area contributed by atoms with Crippen molar-refractivity contribution in [3.63, 3.8) is 0 Å². The Kier molecular flexibility index (Phi) is 8.11. The molecule has 0 spiro atoms. The monoisotopic (exact) mass is 820 g/mol. The molecule has 63 heavy (non-hydrogen) atoms. The first-order valence-electron chi connectivity index (χ1n) is 21.3. The fraction of sp³-hybridized carbons (Fsp3) is 0. The van der Waals surface area contributed by atoms with Crippen LogP contribution in [-0.4, -0.2) is 14.5 Å². The van der Waals surface area contributed by atoms with Crippen molar-refractivity contribution >= 4 is 83.1 Å². The minimum Gasteiger partial charge on any atom is -0.308 e. The summed E-state index contributed by atoms with van der Waals surface area (Å²) in [5, 5.41) is 8.27. The van der Waals surface area contributed by atoms with Gasteiger partial charge >= 0.3 is 0 Å². The minimum atomic E-state index is 0.644. The Morgan fingerprint density at radius 2 is 1.03 bits per heavy atom. The van der Waals surface area contributed by atoms with Crippen LogP contribution in [0.15, 0.2) is 228 Å². The molecule has 0 unspecified atom stereocenters. The third-order valence-corrected chi connectivity index (χ3v) is 13.7. The number of nitrogens with zero attached hydrogens (tertiary/aromatic N) is 4. The lowest BCUT2D eigenvalue weighted by Crippen LogP contribution is -2.14. The van der Waals surface area contributed by atoms with Gasteiger partial charge in [0, 0.05) is 37.2 Å². The summed E-state index contributed by atoms with van der Waals surface area (Å²) in [6.45, 7) is 0. The number of para-hydroxylation sites is 3. The lowest BCUT2D eigenvalue weighted by atomic mass is 9.96. The van der Waals surface area contributed by atoms with Gasteiger partial charge in [-0.3, -0.25) is 4.57 Å². The van der Waals surface area contributed by atoms with Gasteiger partial charge in [0.15, 0.2) is 0 Å². The number of benzene rings is 10. The third kappa shape index (κ3) is 5.78. The Labute approximate surface area is 368 Å². The Balaban J connectivity index is 0.994. The number of anilines is 3. The van der Waals surface area contributed by atoms with Crippen molar-refractivity contribution in [3.05, 3.63) is 218 Å². The molecule has 0 bridgehead atoms. The Bertz CT molecular complexity index is 3770. The molecule has 1 aliphatic heterocycles.